The number of unbranched alkanes of at least 4 members (excludes halogenated alkanes) is 1. The smallest absolute Gasteiger partial charge is 0.410 e. The number of carbonyl (C=O) groups is 1. The van der Waals surface area contributed by atoms with Crippen LogP contribution in [0.1, 0.15) is 32.6 Å². The number of nitrogens with zero attached hydrogens (tertiary/aromatic N) is 1. The minimum absolute atomic E-state index is 0.0520. The number of sulfonamides is 1. The van der Waals surface area contributed by atoms with E-state index in [0.29, 0.717) is 38.1 Å². The second-order valence-electron chi connectivity index (χ2n) is 5.69. The molecule has 1 saturated heterocycles. The van der Waals surface area contributed by atoms with Crippen LogP contribution in [-0.2, 0) is 10.0 Å². The first-order chi connectivity index (χ1) is 11.0. The molecule has 0 aromatic heterocycles. The Labute approximate surface area is 137 Å². The molecule has 0 unspecified atom stereocenters. The third-order valence-electron chi connectivity index (χ3n) is 3.88. The standard InChI is InChI=1S/C16H24N2O4S/c1-2-3-13-23(20,21)18-11-9-14(10-12-18)17-16(19)22-15-7-5-4-6-8-15/h4-8,14H,2-3,9-13H2,1H3,(H,17,19). The first-order valence-electron chi connectivity index (χ1n) is 8.02. The molecule has 1 N–H and O–H groups in total. The zero-order valence-corrected chi connectivity index (χ0v) is 14.2. The molecule has 0 atom stereocenters. The van der Waals surface area contributed by atoms with Crippen LogP contribution in [0.2, 0.25) is 0 Å². The highest BCUT2D eigenvalue weighted by Gasteiger charge is 2.28. The number of hydrogen-bond donors (Lipinski definition) is 1. The summed E-state index contributed by atoms with van der Waals surface area (Å²) in [6.07, 6.45) is 2.26. The molecule has 1 aromatic carbocycles. The lowest BCUT2D eigenvalue weighted by Gasteiger charge is -2.31. The molecule has 23 heavy (non-hydrogen) atoms. The second kappa shape index (κ2) is 8.31. The lowest BCUT2D eigenvalue weighted by Crippen LogP contribution is -2.47. The lowest BCUT2D eigenvalue weighted by atomic mass is 10.1. The Morgan fingerprint density at radius 1 is 1.26 bits per heavy atom. The Hall–Kier alpha value is -1.60. The van der Waals surface area contributed by atoms with E-state index in [-0.39, 0.29) is 11.8 Å². The van der Waals surface area contributed by atoms with E-state index in [0.717, 1.165) is 6.42 Å². The lowest BCUT2D eigenvalue weighted by molar-refractivity contribution is 0.189. The number of nitrogens with one attached hydrogen (secondary N) is 1. The molecule has 1 aromatic rings. The normalized spacial score (nSPS) is 16.9. The first kappa shape index (κ1) is 17.7. The number of rotatable bonds is 6. The summed E-state index contributed by atoms with van der Waals surface area (Å²) in [6.45, 7) is 2.87. The van der Waals surface area contributed by atoms with Crippen molar-refractivity contribution >= 4 is 16.1 Å². The molecule has 0 saturated carbocycles. The van der Waals surface area contributed by atoms with E-state index >= 15 is 0 Å². The summed E-state index contributed by atoms with van der Waals surface area (Å²) in [5, 5.41) is 2.80. The van der Waals surface area contributed by atoms with Crippen molar-refractivity contribution in [1.29, 1.82) is 0 Å². The summed E-state index contributed by atoms with van der Waals surface area (Å²) < 4.78 is 31.0. The van der Waals surface area contributed by atoms with Crippen LogP contribution < -0.4 is 10.1 Å². The number of hydrogen-bond acceptors (Lipinski definition) is 4. The summed E-state index contributed by atoms with van der Waals surface area (Å²) >= 11 is 0. The molecular weight excluding hydrogens is 316 g/mol. The van der Waals surface area contributed by atoms with Gasteiger partial charge in [0.25, 0.3) is 0 Å². The van der Waals surface area contributed by atoms with Gasteiger partial charge in [0.1, 0.15) is 5.75 Å². The van der Waals surface area contributed by atoms with Crippen molar-refractivity contribution in [2.75, 3.05) is 18.8 Å². The van der Waals surface area contributed by atoms with Crippen LogP contribution >= 0.6 is 0 Å². The zero-order valence-electron chi connectivity index (χ0n) is 13.4. The molecule has 1 heterocycles. The Kier molecular flexibility index (Phi) is 6.41. The van der Waals surface area contributed by atoms with Crippen LogP contribution in [0.3, 0.4) is 0 Å². The van der Waals surface area contributed by atoms with E-state index < -0.39 is 16.1 Å². The van der Waals surface area contributed by atoms with Crippen LogP contribution in [0.5, 0.6) is 5.75 Å². The minimum atomic E-state index is -3.16. The van der Waals surface area contributed by atoms with Crippen LogP contribution in [-0.4, -0.2) is 43.7 Å². The van der Waals surface area contributed by atoms with Gasteiger partial charge in [-0.1, -0.05) is 31.5 Å². The number of amides is 1. The van der Waals surface area contributed by atoms with Gasteiger partial charge < -0.3 is 10.1 Å². The second-order valence-corrected chi connectivity index (χ2v) is 7.78. The molecule has 0 bridgehead atoms. The van der Waals surface area contributed by atoms with Gasteiger partial charge in [-0.3, -0.25) is 0 Å². The molecule has 6 nitrogen and oxygen atoms in total. The molecule has 2 rings (SSSR count). The largest absolute Gasteiger partial charge is 0.412 e. The number of carbonyl (C=O) groups excluding carboxylic acids is 1. The maximum atomic E-state index is 12.1. The fraction of sp³-hybridized carbons (Fsp3) is 0.562. The van der Waals surface area contributed by atoms with Crippen LogP contribution in [0.25, 0.3) is 0 Å². The fourth-order valence-corrected chi connectivity index (χ4v) is 4.20. The molecule has 0 radical (unpaired) electrons. The number of ether oxygens (including phenoxy) is 1. The molecule has 1 aliphatic rings. The third kappa shape index (κ3) is 5.51. The van der Waals surface area contributed by atoms with Crippen molar-refractivity contribution in [2.24, 2.45) is 0 Å². The monoisotopic (exact) mass is 340 g/mol. The summed E-state index contributed by atoms with van der Waals surface area (Å²) in [6, 6.07) is 8.80. The highest BCUT2D eigenvalue weighted by Crippen LogP contribution is 2.16. The Balaban J connectivity index is 1.77. The van der Waals surface area contributed by atoms with Gasteiger partial charge in [-0.15, -0.1) is 0 Å². The predicted octanol–water partition coefficient (Wildman–Crippen LogP) is 2.37. The predicted molar refractivity (Wildman–Crippen MR) is 88.9 cm³/mol. The van der Waals surface area contributed by atoms with Crippen LogP contribution in [0, 0.1) is 0 Å². The molecule has 0 aliphatic carbocycles. The quantitative estimate of drug-likeness (QED) is 0.862. The average molecular weight is 340 g/mol. The maximum absolute atomic E-state index is 12.1. The van der Waals surface area contributed by atoms with Gasteiger partial charge in [0.15, 0.2) is 0 Å². The van der Waals surface area contributed by atoms with Gasteiger partial charge in [0.05, 0.1) is 5.75 Å². The van der Waals surface area contributed by atoms with E-state index in [4.69, 9.17) is 4.74 Å². The average Bonchev–Trinajstić information content (AvgIpc) is 2.54. The zero-order chi connectivity index (χ0) is 16.7. The van der Waals surface area contributed by atoms with Gasteiger partial charge in [-0.2, -0.15) is 0 Å². The van der Waals surface area contributed by atoms with E-state index in [9.17, 15) is 13.2 Å². The van der Waals surface area contributed by atoms with Crippen LogP contribution in [0.15, 0.2) is 30.3 Å². The van der Waals surface area contributed by atoms with Gasteiger partial charge in [-0.25, -0.2) is 17.5 Å². The van der Waals surface area contributed by atoms with Crippen molar-refractivity contribution < 1.29 is 17.9 Å². The molecular formula is C16H24N2O4S. The fourth-order valence-electron chi connectivity index (χ4n) is 2.53. The SMILES string of the molecule is CCCCS(=O)(=O)N1CCC(NC(=O)Oc2ccccc2)CC1. The van der Waals surface area contributed by atoms with Crippen molar-refractivity contribution in [1.82, 2.24) is 9.62 Å². The van der Waals surface area contributed by atoms with Gasteiger partial charge in [-0.05, 0) is 31.4 Å². The van der Waals surface area contributed by atoms with Gasteiger partial charge in [0, 0.05) is 19.1 Å². The molecule has 1 fully saturated rings. The van der Waals surface area contributed by atoms with E-state index in [1.807, 2.05) is 13.0 Å². The van der Waals surface area contributed by atoms with Gasteiger partial charge >= 0.3 is 6.09 Å². The summed E-state index contributed by atoms with van der Waals surface area (Å²) in [5.41, 5.74) is 0. The Bertz CT molecular complexity index is 596. The topological polar surface area (TPSA) is 75.7 Å². The molecule has 1 amide bonds. The molecule has 128 valence electrons. The van der Waals surface area contributed by atoms with E-state index in [1.54, 1.807) is 24.3 Å². The van der Waals surface area contributed by atoms with Crippen molar-refractivity contribution in [3.8, 4) is 5.75 Å². The van der Waals surface area contributed by atoms with E-state index in [2.05, 4.69) is 5.32 Å². The number of benzene rings is 1. The summed E-state index contributed by atoms with van der Waals surface area (Å²) in [7, 11) is -3.16. The first-order valence-corrected chi connectivity index (χ1v) is 9.63. The molecule has 0 spiro atoms. The number of piperidine rings is 1. The van der Waals surface area contributed by atoms with Crippen molar-refractivity contribution in [3.63, 3.8) is 0 Å². The summed E-state index contributed by atoms with van der Waals surface area (Å²) in [5.74, 6) is 0.696. The van der Waals surface area contributed by atoms with Crippen molar-refractivity contribution in [2.45, 2.75) is 38.6 Å². The van der Waals surface area contributed by atoms with Crippen LogP contribution in [0.4, 0.5) is 4.79 Å². The highest BCUT2D eigenvalue weighted by atomic mass is 32.2. The maximum Gasteiger partial charge on any atom is 0.412 e. The molecule has 7 heteroatoms. The number of para-hydroxylation sites is 1. The van der Waals surface area contributed by atoms with Crippen molar-refractivity contribution in [3.05, 3.63) is 30.3 Å². The summed E-state index contributed by atoms with van der Waals surface area (Å²) in [4.78, 5) is 11.8. The van der Waals surface area contributed by atoms with Gasteiger partial charge in [0.2, 0.25) is 10.0 Å². The Morgan fingerprint density at radius 2 is 1.91 bits per heavy atom. The Morgan fingerprint density at radius 3 is 2.52 bits per heavy atom. The van der Waals surface area contributed by atoms with E-state index in [1.165, 1.54) is 4.31 Å². The third-order valence-corrected chi connectivity index (χ3v) is 5.84. The molecule has 1 aliphatic heterocycles. The highest BCUT2D eigenvalue weighted by molar-refractivity contribution is 7.89. The minimum Gasteiger partial charge on any atom is -0.410 e.